The largest absolute Gasteiger partial charge is 0.284 e. The highest BCUT2D eigenvalue weighted by Gasteiger charge is 2.21. The van der Waals surface area contributed by atoms with Crippen molar-refractivity contribution in [3.05, 3.63) is 39.0 Å². The van der Waals surface area contributed by atoms with Crippen LogP contribution in [0.15, 0.2) is 35.2 Å². The van der Waals surface area contributed by atoms with Crippen molar-refractivity contribution in [1.29, 1.82) is 0 Å². The van der Waals surface area contributed by atoms with E-state index in [0.717, 1.165) is 17.6 Å². The van der Waals surface area contributed by atoms with Crippen molar-refractivity contribution in [1.82, 2.24) is 0 Å². The summed E-state index contributed by atoms with van der Waals surface area (Å²) < 4.78 is 51.7. The van der Waals surface area contributed by atoms with E-state index < -0.39 is 20.0 Å². The van der Waals surface area contributed by atoms with Gasteiger partial charge in [-0.05, 0) is 24.3 Å². The summed E-state index contributed by atoms with van der Waals surface area (Å²) in [5.74, 6) is 0. The number of hydrogen-bond acceptors (Lipinski definition) is 5. The molecule has 120 valence electrons. The molecule has 0 saturated carbocycles. The minimum Gasteiger partial charge on any atom is -0.284 e. The summed E-state index contributed by atoms with van der Waals surface area (Å²) in [6.45, 7) is 0. The van der Waals surface area contributed by atoms with Gasteiger partial charge in [-0.3, -0.25) is 9.44 Å². The molecule has 0 unspecified atom stereocenters. The molecule has 22 heavy (non-hydrogen) atoms. The average Bonchev–Trinajstić information content (AvgIpc) is 2.67. The molecular formula is C11H10Cl2N2O4S3. The molecule has 0 aliphatic carbocycles. The summed E-state index contributed by atoms with van der Waals surface area (Å²) >= 11 is 12.5. The van der Waals surface area contributed by atoms with Gasteiger partial charge in [-0.2, -0.15) is 0 Å². The van der Waals surface area contributed by atoms with Crippen LogP contribution in [-0.2, 0) is 20.0 Å². The van der Waals surface area contributed by atoms with Crippen LogP contribution in [0, 0.1) is 0 Å². The van der Waals surface area contributed by atoms with E-state index in [0.29, 0.717) is 0 Å². The predicted octanol–water partition coefficient (Wildman–Crippen LogP) is 3.23. The predicted molar refractivity (Wildman–Crippen MR) is 90.1 cm³/mol. The highest BCUT2D eigenvalue weighted by atomic mass is 35.5. The maximum atomic E-state index is 12.2. The highest BCUT2D eigenvalue weighted by molar-refractivity contribution is 7.93. The van der Waals surface area contributed by atoms with Gasteiger partial charge in [0.25, 0.3) is 10.0 Å². The molecule has 0 aliphatic rings. The summed E-state index contributed by atoms with van der Waals surface area (Å²) in [7, 11) is -7.37. The molecule has 1 aromatic carbocycles. The molecule has 0 amide bonds. The number of thiophene rings is 1. The Morgan fingerprint density at radius 3 is 2.09 bits per heavy atom. The van der Waals surface area contributed by atoms with Crippen molar-refractivity contribution in [2.45, 2.75) is 4.90 Å². The number of sulfonamides is 2. The Hall–Kier alpha value is -1.00. The third-order valence-electron chi connectivity index (χ3n) is 2.33. The smallest absolute Gasteiger partial charge is 0.264 e. The molecule has 0 radical (unpaired) electrons. The Morgan fingerprint density at radius 2 is 1.59 bits per heavy atom. The van der Waals surface area contributed by atoms with Gasteiger partial charge in [0.05, 0.1) is 22.0 Å². The molecule has 0 saturated heterocycles. The molecule has 0 aliphatic heterocycles. The molecule has 2 rings (SSSR count). The molecule has 2 aromatic rings. The van der Waals surface area contributed by atoms with Gasteiger partial charge in [-0.25, -0.2) is 16.8 Å². The van der Waals surface area contributed by atoms with Gasteiger partial charge in [-0.1, -0.05) is 29.3 Å². The summed E-state index contributed by atoms with van der Waals surface area (Å²) in [6, 6.07) is 7.07. The molecule has 0 bridgehead atoms. The first-order valence-electron chi connectivity index (χ1n) is 5.62. The Kier molecular flexibility index (Phi) is 4.93. The van der Waals surface area contributed by atoms with E-state index in [2.05, 4.69) is 9.44 Å². The SMILES string of the molecule is CS(=O)(=O)Nc1cccc(NS(=O)(=O)c2cc(Cl)sc2Cl)c1. The van der Waals surface area contributed by atoms with Crippen LogP contribution in [0.1, 0.15) is 0 Å². The summed E-state index contributed by atoms with van der Waals surface area (Å²) in [4.78, 5) is -0.134. The van der Waals surface area contributed by atoms with Crippen molar-refractivity contribution in [2.75, 3.05) is 15.7 Å². The van der Waals surface area contributed by atoms with E-state index >= 15 is 0 Å². The topological polar surface area (TPSA) is 92.3 Å². The zero-order valence-electron chi connectivity index (χ0n) is 11.0. The Labute approximate surface area is 142 Å². The molecule has 0 atom stereocenters. The van der Waals surface area contributed by atoms with Crippen LogP contribution in [0.2, 0.25) is 8.67 Å². The molecule has 1 heterocycles. The third kappa shape index (κ3) is 4.50. The van der Waals surface area contributed by atoms with Gasteiger partial charge in [0.2, 0.25) is 10.0 Å². The minimum absolute atomic E-state index is 0.0444. The first-order valence-corrected chi connectivity index (χ1v) is 10.6. The van der Waals surface area contributed by atoms with Crippen LogP contribution in [0.5, 0.6) is 0 Å². The van der Waals surface area contributed by atoms with Crippen molar-refractivity contribution in [3.8, 4) is 0 Å². The van der Waals surface area contributed by atoms with E-state index in [-0.39, 0.29) is 24.9 Å². The number of halogens is 2. The van der Waals surface area contributed by atoms with Crippen LogP contribution >= 0.6 is 34.5 Å². The maximum Gasteiger partial charge on any atom is 0.264 e. The molecular weight excluding hydrogens is 391 g/mol. The second-order valence-electron chi connectivity index (χ2n) is 4.25. The molecule has 1 aromatic heterocycles. The van der Waals surface area contributed by atoms with Crippen molar-refractivity contribution in [2.24, 2.45) is 0 Å². The van der Waals surface area contributed by atoms with E-state index in [1.807, 2.05) is 0 Å². The molecule has 11 heteroatoms. The number of rotatable bonds is 5. The zero-order chi connectivity index (χ0) is 16.5. The summed E-state index contributed by atoms with van der Waals surface area (Å²) in [5, 5.41) is 0. The van der Waals surface area contributed by atoms with Crippen LogP contribution < -0.4 is 9.44 Å². The number of anilines is 2. The second-order valence-corrected chi connectivity index (χ2v) is 9.93. The first-order chi connectivity index (χ1) is 10.1. The van der Waals surface area contributed by atoms with Crippen molar-refractivity contribution in [3.63, 3.8) is 0 Å². The number of hydrogen-bond donors (Lipinski definition) is 2. The lowest BCUT2D eigenvalue weighted by Gasteiger charge is -2.09. The lowest BCUT2D eigenvalue weighted by molar-refractivity contribution is 0.601. The second kappa shape index (κ2) is 6.25. The Morgan fingerprint density at radius 1 is 1.00 bits per heavy atom. The quantitative estimate of drug-likeness (QED) is 0.805. The van der Waals surface area contributed by atoms with Gasteiger partial charge in [0.1, 0.15) is 9.23 Å². The average molecular weight is 401 g/mol. The molecule has 0 fully saturated rings. The van der Waals surface area contributed by atoms with Crippen LogP contribution in [0.3, 0.4) is 0 Å². The number of nitrogens with one attached hydrogen (secondary N) is 2. The fourth-order valence-corrected chi connectivity index (χ4v) is 5.33. The third-order valence-corrected chi connectivity index (χ3v) is 6.07. The van der Waals surface area contributed by atoms with Gasteiger partial charge < -0.3 is 0 Å². The van der Waals surface area contributed by atoms with E-state index in [1.165, 1.54) is 30.3 Å². The van der Waals surface area contributed by atoms with E-state index in [4.69, 9.17) is 23.2 Å². The lowest BCUT2D eigenvalue weighted by atomic mass is 10.3. The fourth-order valence-electron chi connectivity index (χ4n) is 1.58. The zero-order valence-corrected chi connectivity index (χ0v) is 15.0. The van der Waals surface area contributed by atoms with E-state index in [1.54, 1.807) is 0 Å². The lowest BCUT2D eigenvalue weighted by Crippen LogP contribution is -2.13. The number of benzene rings is 1. The first kappa shape index (κ1) is 17.4. The van der Waals surface area contributed by atoms with Gasteiger partial charge in [0, 0.05) is 0 Å². The minimum atomic E-state index is -3.92. The molecule has 6 nitrogen and oxygen atoms in total. The monoisotopic (exact) mass is 400 g/mol. The van der Waals surface area contributed by atoms with Crippen LogP contribution in [-0.4, -0.2) is 23.1 Å². The Balaban J connectivity index is 2.30. The van der Waals surface area contributed by atoms with Crippen molar-refractivity contribution >= 4 is 66.0 Å². The maximum absolute atomic E-state index is 12.2. The van der Waals surface area contributed by atoms with Crippen LogP contribution in [0.25, 0.3) is 0 Å². The summed E-state index contributed by atoms with van der Waals surface area (Å²) in [6.07, 6.45) is 0.997. The van der Waals surface area contributed by atoms with Gasteiger partial charge in [-0.15, -0.1) is 11.3 Å². The normalized spacial score (nSPS) is 12.1. The summed E-state index contributed by atoms with van der Waals surface area (Å²) in [5.41, 5.74) is 0.421. The van der Waals surface area contributed by atoms with Crippen molar-refractivity contribution < 1.29 is 16.8 Å². The fraction of sp³-hybridized carbons (Fsp3) is 0.0909. The van der Waals surface area contributed by atoms with Gasteiger partial charge in [0.15, 0.2) is 0 Å². The highest BCUT2D eigenvalue weighted by Crippen LogP contribution is 2.35. The van der Waals surface area contributed by atoms with Gasteiger partial charge >= 0.3 is 0 Å². The van der Waals surface area contributed by atoms with Crippen LogP contribution in [0.4, 0.5) is 11.4 Å². The van der Waals surface area contributed by atoms with E-state index in [9.17, 15) is 16.8 Å². The Bertz CT molecular complexity index is 907. The standard InChI is InChI=1S/C11H10Cl2N2O4S3/c1-21(16,17)14-7-3-2-4-8(5-7)15-22(18,19)9-6-10(12)20-11(9)13/h2-6,14-15H,1H3. The molecule has 0 spiro atoms. The molecule has 2 N–H and O–H groups in total.